The van der Waals surface area contributed by atoms with Gasteiger partial charge in [0.15, 0.2) is 0 Å². The van der Waals surface area contributed by atoms with Gasteiger partial charge in [-0.15, -0.1) is 0 Å². The van der Waals surface area contributed by atoms with E-state index in [4.69, 9.17) is 14.6 Å². The van der Waals surface area contributed by atoms with E-state index in [1.165, 1.54) is 11.1 Å². The number of H-pyrrole nitrogens is 1. The summed E-state index contributed by atoms with van der Waals surface area (Å²) in [5, 5.41) is 11.8. The number of para-hydroxylation sites is 1. The monoisotopic (exact) mass is 435 g/mol. The van der Waals surface area contributed by atoms with Gasteiger partial charge in [0, 0.05) is 24.5 Å². The molecule has 0 atom stereocenters. The Balaban J connectivity index is 0.000000339. The van der Waals surface area contributed by atoms with E-state index in [1.807, 2.05) is 12.3 Å². The van der Waals surface area contributed by atoms with Crippen molar-refractivity contribution in [3.8, 4) is 5.75 Å². The number of alkyl halides is 3. The van der Waals surface area contributed by atoms with Crippen LogP contribution in [0.3, 0.4) is 0 Å². The minimum absolute atomic E-state index is 0.0821. The van der Waals surface area contributed by atoms with E-state index in [9.17, 15) is 13.2 Å². The van der Waals surface area contributed by atoms with Crippen LogP contribution in [0.2, 0.25) is 0 Å². The number of ether oxygens (including phenoxy) is 1. The van der Waals surface area contributed by atoms with Crippen LogP contribution in [0.15, 0.2) is 42.6 Å². The molecule has 0 unspecified atom stereocenters. The number of aliphatic carboxylic acids is 1. The van der Waals surface area contributed by atoms with Crippen molar-refractivity contribution in [1.29, 1.82) is 0 Å². The molecule has 0 radical (unpaired) electrons. The molecule has 3 aromatic rings. The maximum atomic E-state index is 10.6. The number of hydrogen-bond donors (Lipinski definition) is 3. The molecular formula is C22H24F3N3O3. The minimum Gasteiger partial charge on any atom is -0.487 e. The highest BCUT2D eigenvalue weighted by Crippen LogP contribution is 2.37. The maximum absolute atomic E-state index is 10.6. The van der Waals surface area contributed by atoms with Gasteiger partial charge in [-0.3, -0.25) is 0 Å². The van der Waals surface area contributed by atoms with Gasteiger partial charge in [-0.1, -0.05) is 18.2 Å². The van der Waals surface area contributed by atoms with Crippen molar-refractivity contribution in [3.63, 3.8) is 0 Å². The lowest BCUT2D eigenvalue weighted by molar-refractivity contribution is -0.192. The number of halogens is 3. The molecule has 166 valence electrons. The number of pyridine rings is 1. The maximum Gasteiger partial charge on any atom is 0.490 e. The largest absolute Gasteiger partial charge is 0.490 e. The van der Waals surface area contributed by atoms with Gasteiger partial charge in [-0.05, 0) is 56.1 Å². The van der Waals surface area contributed by atoms with Crippen LogP contribution in [0.5, 0.6) is 5.75 Å². The van der Waals surface area contributed by atoms with Gasteiger partial charge in [-0.2, -0.15) is 13.2 Å². The van der Waals surface area contributed by atoms with E-state index in [0.29, 0.717) is 0 Å². The van der Waals surface area contributed by atoms with Crippen molar-refractivity contribution in [2.75, 3.05) is 6.54 Å². The van der Waals surface area contributed by atoms with E-state index >= 15 is 0 Å². The molecule has 6 nitrogen and oxygen atoms in total. The number of hydrogen-bond acceptors (Lipinski definition) is 4. The smallest absolute Gasteiger partial charge is 0.487 e. The first-order valence-electron chi connectivity index (χ1n) is 9.79. The average molecular weight is 435 g/mol. The lowest BCUT2D eigenvalue weighted by atomic mass is 10.00. The van der Waals surface area contributed by atoms with Gasteiger partial charge < -0.3 is 20.1 Å². The molecule has 9 heteroatoms. The van der Waals surface area contributed by atoms with E-state index in [1.54, 1.807) is 0 Å². The highest BCUT2D eigenvalue weighted by molar-refractivity contribution is 5.75. The summed E-state index contributed by atoms with van der Waals surface area (Å²) in [5.74, 6) is -1.66. The topological polar surface area (TPSA) is 87.2 Å². The fourth-order valence-corrected chi connectivity index (χ4v) is 3.38. The summed E-state index contributed by atoms with van der Waals surface area (Å²) in [5.41, 5.74) is 4.54. The first-order valence-corrected chi connectivity index (χ1v) is 9.79. The van der Waals surface area contributed by atoms with Crippen molar-refractivity contribution in [2.45, 2.75) is 45.0 Å². The van der Waals surface area contributed by atoms with Crippen LogP contribution in [-0.2, 0) is 24.2 Å². The fourth-order valence-electron chi connectivity index (χ4n) is 3.38. The lowest BCUT2D eigenvalue weighted by Gasteiger charge is -2.18. The van der Waals surface area contributed by atoms with E-state index in [0.717, 1.165) is 48.4 Å². The quantitative estimate of drug-likeness (QED) is 0.522. The summed E-state index contributed by atoms with van der Waals surface area (Å²) < 4.78 is 37.9. The van der Waals surface area contributed by atoms with Gasteiger partial charge in [-0.25, -0.2) is 9.78 Å². The number of aromatic nitrogens is 2. The van der Waals surface area contributed by atoms with Gasteiger partial charge in [0.1, 0.15) is 17.0 Å². The third-order valence-electron chi connectivity index (χ3n) is 4.76. The van der Waals surface area contributed by atoms with Gasteiger partial charge in [0.05, 0.1) is 5.69 Å². The Labute approximate surface area is 177 Å². The molecule has 0 spiro atoms. The van der Waals surface area contributed by atoms with Gasteiger partial charge in [0.25, 0.3) is 0 Å². The second kappa shape index (κ2) is 8.97. The second-order valence-corrected chi connectivity index (χ2v) is 7.89. The number of carbonyl (C=O) groups is 1. The summed E-state index contributed by atoms with van der Waals surface area (Å²) >= 11 is 0. The third-order valence-corrected chi connectivity index (χ3v) is 4.76. The van der Waals surface area contributed by atoms with Crippen LogP contribution in [0.1, 0.15) is 30.7 Å². The molecule has 0 saturated carbocycles. The molecule has 0 aliphatic carbocycles. The van der Waals surface area contributed by atoms with E-state index in [-0.39, 0.29) is 5.60 Å². The molecule has 1 aliphatic rings. The summed E-state index contributed by atoms with van der Waals surface area (Å²) in [7, 11) is 0. The molecule has 4 rings (SSSR count). The van der Waals surface area contributed by atoms with Crippen LogP contribution in [0.25, 0.3) is 11.0 Å². The van der Waals surface area contributed by atoms with Crippen molar-refractivity contribution in [1.82, 2.24) is 15.3 Å². The van der Waals surface area contributed by atoms with Crippen LogP contribution < -0.4 is 10.1 Å². The molecule has 1 aromatic carbocycles. The molecule has 0 amide bonds. The first kappa shape index (κ1) is 22.6. The third kappa shape index (κ3) is 5.97. The number of fused-ring (bicyclic) bond motifs is 2. The molecular weight excluding hydrogens is 411 g/mol. The van der Waals surface area contributed by atoms with Crippen LogP contribution in [-0.4, -0.2) is 39.4 Å². The zero-order valence-corrected chi connectivity index (χ0v) is 17.2. The Hall–Kier alpha value is -3.07. The highest BCUT2D eigenvalue weighted by Gasteiger charge is 2.38. The van der Waals surface area contributed by atoms with Crippen molar-refractivity contribution < 1.29 is 27.8 Å². The predicted octanol–water partition coefficient (Wildman–Crippen LogP) is 4.24. The number of aromatic amines is 1. The molecule has 3 N–H and O–H groups in total. The molecule has 0 bridgehead atoms. The minimum atomic E-state index is -5.08. The fraction of sp³-hybridized carbons (Fsp3) is 0.364. The van der Waals surface area contributed by atoms with Crippen LogP contribution >= 0.6 is 0 Å². The number of nitrogens with one attached hydrogen (secondary N) is 2. The Morgan fingerprint density at radius 3 is 2.71 bits per heavy atom. The summed E-state index contributed by atoms with van der Waals surface area (Å²) in [6.45, 7) is 5.98. The Kier molecular flexibility index (Phi) is 6.54. The summed E-state index contributed by atoms with van der Waals surface area (Å²) in [6, 6.07) is 12.7. The van der Waals surface area contributed by atoms with E-state index < -0.39 is 12.1 Å². The Bertz CT molecular complexity index is 1060. The number of nitrogens with zero attached hydrogens (tertiary/aromatic N) is 1. The summed E-state index contributed by atoms with van der Waals surface area (Å²) in [4.78, 5) is 16.7. The SMILES string of the molecule is CC1(C)Cc2cccc(CCNCc3ccc4cc[nH]c4n3)c2O1.O=C(O)C(F)(F)F. The first-order chi connectivity index (χ1) is 14.5. The number of benzene rings is 1. The normalized spacial score (nSPS) is 14.5. The molecule has 3 heterocycles. The standard InChI is InChI=1S/C20H23N3O.C2HF3O2/c1-20(2)12-16-5-3-4-14(18(16)24-20)8-10-21-13-17-7-6-15-9-11-22-19(15)23-17;3-2(4,5)1(6)7/h3-7,9,11,21H,8,10,12-13H2,1-2H3,(H,22,23);(H,6,7). The number of carboxylic acid groups (broad SMARTS) is 1. The van der Waals surface area contributed by atoms with Crippen molar-refractivity contribution in [3.05, 3.63) is 59.4 Å². The average Bonchev–Trinajstić information content (AvgIpc) is 3.27. The van der Waals surface area contributed by atoms with Crippen molar-refractivity contribution in [2.24, 2.45) is 0 Å². The second-order valence-electron chi connectivity index (χ2n) is 7.89. The number of rotatable bonds is 5. The van der Waals surface area contributed by atoms with Crippen LogP contribution in [0, 0.1) is 0 Å². The molecule has 2 aromatic heterocycles. The lowest BCUT2D eigenvalue weighted by Crippen LogP contribution is -2.25. The van der Waals surface area contributed by atoms with Gasteiger partial charge >= 0.3 is 12.1 Å². The highest BCUT2D eigenvalue weighted by atomic mass is 19.4. The molecule has 0 fully saturated rings. The van der Waals surface area contributed by atoms with E-state index in [2.05, 4.69) is 59.5 Å². The van der Waals surface area contributed by atoms with Gasteiger partial charge in [0.2, 0.25) is 0 Å². The molecule has 1 aliphatic heterocycles. The molecule has 31 heavy (non-hydrogen) atoms. The Morgan fingerprint density at radius 1 is 1.26 bits per heavy atom. The Morgan fingerprint density at radius 2 is 2.00 bits per heavy atom. The summed E-state index contributed by atoms with van der Waals surface area (Å²) in [6.07, 6.45) is -1.21. The van der Waals surface area contributed by atoms with Crippen LogP contribution in [0.4, 0.5) is 13.2 Å². The number of carboxylic acids is 1. The molecule has 0 saturated heterocycles. The zero-order valence-electron chi connectivity index (χ0n) is 17.2. The predicted molar refractivity (Wildman–Crippen MR) is 110 cm³/mol. The zero-order chi connectivity index (χ0) is 22.6. The van der Waals surface area contributed by atoms with Crippen molar-refractivity contribution >= 4 is 17.0 Å².